The topological polar surface area (TPSA) is 12.0 Å². The van der Waals surface area contributed by atoms with Gasteiger partial charge in [0, 0.05) is 17.1 Å². The van der Waals surface area contributed by atoms with Gasteiger partial charge in [0.1, 0.15) is 0 Å². The summed E-state index contributed by atoms with van der Waals surface area (Å²) in [6.45, 7) is 5.25. The van der Waals surface area contributed by atoms with Crippen molar-refractivity contribution in [3.63, 3.8) is 0 Å². The van der Waals surface area contributed by atoms with Crippen molar-refractivity contribution in [3.8, 4) is 0 Å². The minimum atomic E-state index is 0.897. The summed E-state index contributed by atoms with van der Waals surface area (Å²) in [5.74, 6) is 0. The van der Waals surface area contributed by atoms with E-state index in [0.29, 0.717) is 0 Å². The van der Waals surface area contributed by atoms with Crippen molar-refractivity contribution < 1.29 is 0 Å². The molecule has 1 aromatic heterocycles. The minimum Gasteiger partial charge on any atom is -0.380 e. The van der Waals surface area contributed by atoms with E-state index in [1.807, 2.05) is 0 Å². The highest BCUT2D eigenvalue weighted by Crippen LogP contribution is 2.25. The monoisotopic (exact) mass is 309 g/mol. The maximum Gasteiger partial charge on any atom is 0.0702 e. The molecular weight excluding hydrogens is 294 g/mol. The Morgan fingerprint density at radius 2 is 2.06 bits per heavy atom. The summed E-state index contributed by atoms with van der Waals surface area (Å²) in [6.07, 6.45) is 1.07. The lowest BCUT2D eigenvalue weighted by Crippen LogP contribution is -2.02. The summed E-state index contributed by atoms with van der Waals surface area (Å²) in [5, 5.41) is 3.55. The molecule has 1 nitrogen and oxygen atoms in total. The van der Waals surface area contributed by atoms with Gasteiger partial charge >= 0.3 is 0 Å². The first-order chi connectivity index (χ1) is 8.20. The zero-order chi connectivity index (χ0) is 12.3. The van der Waals surface area contributed by atoms with Gasteiger partial charge in [0.05, 0.1) is 3.79 Å². The van der Waals surface area contributed by atoms with Crippen molar-refractivity contribution in [2.24, 2.45) is 0 Å². The van der Waals surface area contributed by atoms with Crippen LogP contribution in [0.5, 0.6) is 0 Å². The van der Waals surface area contributed by atoms with E-state index in [9.17, 15) is 0 Å². The average molecular weight is 310 g/mol. The molecule has 0 fully saturated rings. The third-order valence-electron chi connectivity index (χ3n) is 2.81. The van der Waals surface area contributed by atoms with Gasteiger partial charge in [-0.1, -0.05) is 25.1 Å². The molecule has 1 heterocycles. The molecule has 1 N–H and O–H groups in total. The number of thiophene rings is 1. The van der Waals surface area contributed by atoms with Crippen molar-refractivity contribution >= 4 is 33.0 Å². The third-order valence-corrected chi connectivity index (χ3v) is 4.43. The lowest BCUT2D eigenvalue weighted by atomic mass is 10.1. The maximum absolute atomic E-state index is 3.55. The predicted molar refractivity (Wildman–Crippen MR) is 79.9 cm³/mol. The standard InChI is InChI=1S/C14H16BrNS/c1-3-11-6-4-5-10(2)14(11)16-9-12-7-8-13(15)17-12/h4-8,16H,3,9H2,1-2H3. The smallest absolute Gasteiger partial charge is 0.0702 e. The summed E-state index contributed by atoms with van der Waals surface area (Å²) in [5.41, 5.74) is 4.00. The first-order valence-electron chi connectivity index (χ1n) is 5.77. The lowest BCUT2D eigenvalue weighted by molar-refractivity contribution is 1.09. The van der Waals surface area contributed by atoms with Gasteiger partial charge in [-0.25, -0.2) is 0 Å². The molecule has 0 saturated heterocycles. The molecule has 17 heavy (non-hydrogen) atoms. The first-order valence-corrected chi connectivity index (χ1v) is 7.38. The van der Waals surface area contributed by atoms with Gasteiger partial charge in [-0.3, -0.25) is 0 Å². The van der Waals surface area contributed by atoms with Crippen LogP contribution >= 0.6 is 27.3 Å². The molecule has 0 radical (unpaired) electrons. The minimum absolute atomic E-state index is 0.897. The molecule has 0 atom stereocenters. The van der Waals surface area contributed by atoms with Crippen molar-refractivity contribution in [2.75, 3.05) is 5.32 Å². The summed E-state index contributed by atoms with van der Waals surface area (Å²) in [4.78, 5) is 1.35. The number of rotatable bonds is 4. The maximum atomic E-state index is 3.55. The Kier molecular flexibility index (Phi) is 4.24. The number of hydrogen-bond acceptors (Lipinski definition) is 2. The van der Waals surface area contributed by atoms with Crippen LogP contribution in [0.4, 0.5) is 5.69 Å². The molecule has 3 heteroatoms. The van der Waals surface area contributed by atoms with Crippen molar-refractivity contribution in [3.05, 3.63) is 50.1 Å². The molecule has 0 bridgehead atoms. The van der Waals surface area contributed by atoms with Crippen LogP contribution in [0.2, 0.25) is 0 Å². The van der Waals surface area contributed by atoms with Crippen LogP contribution in [-0.4, -0.2) is 0 Å². The molecule has 1 aromatic carbocycles. The second kappa shape index (κ2) is 5.69. The normalized spacial score (nSPS) is 10.5. The molecule has 2 aromatic rings. The highest BCUT2D eigenvalue weighted by atomic mass is 79.9. The van der Waals surface area contributed by atoms with Gasteiger partial charge in [-0.05, 0) is 52.5 Å². The Labute approximate surface area is 115 Å². The van der Waals surface area contributed by atoms with Gasteiger partial charge in [0.25, 0.3) is 0 Å². The van der Waals surface area contributed by atoms with Crippen molar-refractivity contribution in [1.82, 2.24) is 0 Å². The highest BCUT2D eigenvalue weighted by molar-refractivity contribution is 9.11. The van der Waals surface area contributed by atoms with Gasteiger partial charge in [-0.2, -0.15) is 0 Å². The van der Waals surface area contributed by atoms with E-state index < -0.39 is 0 Å². The van der Waals surface area contributed by atoms with Crippen LogP contribution in [0.25, 0.3) is 0 Å². The van der Waals surface area contributed by atoms with E-state index in [0.717, 1.165) is 13.0 Å². The quantitative estimate of drug-likeness (QED) is 0.838. The number of nitrogens with one attached hydrogen (secondary N) is 1. The largest absolute Gasteiger partial charge is 0.380 e. The number of para-hydroxylation sites is 1. The summed E-state index contributed by atoms with van der Waals surface area (Å²) >= 11 is 5.27. The number of benzene rings is 1. The molecule has 90 valence electrons. The summed E-state index contributed by atoms with van der Waals surface area (Å²) in [7, 11) is 0. The Bertz CT molecular complexity index is 505. The summed E-state index contributed by atoms with van der Waals surface area (Å²) < 4.78 is 1.19. The second-order valence-electron chi connectivity index (χ2n) is 4.02. The molecule has 0 saturated carbocycles. The Hall–Kier alpha value is -0.800. The number of aryl methyl sites for hydroxylation is 2. The predicted octanol–water partition coefficient (Wildman–Crippen LogP) is 4.99. The van der Waals surface area contributed by atoms with Crippen LogP contribution in [0.15, 0.2) is 34.1 Å². The van der Waals surface area contributed by atoms with Crippen LogP contribution in [-0.2, 0) is 13.0 Å². The van der Waals surface area contributed by atoms with Gasteiger partial charge in [0.2, 0.25) is 0 Å². The fourth-order valence-electron chi connectivity index (χ4n) is 1.90. The summed E-state index contributed by atoms with van der Waals surface area (Å²) in [6, 6.07) is 10.7. The van der Waals surface area contributed by atoms with E-state index in [4.69, 9.17) is 0 Å². The molecule has 0 aliphatic carbocycles. The molecule has 2 rings (SSSR count). The van der Waals surface area contributed by atoms with E-state index in [2.05, 4.69) is 65.4 Å². The average Bonchev–Trinajstić information content (AvgIpc) is 2.73. The van der Waals surface area contributed by atoms with E-state index in [1.54, 1.807) is 11.3 Å². The van der Waals surface area contributed by atoms with Crippen LogP contribution in [0.1, 0.15) is 22.9 Å². The highest BCUT2D eigenvalue weighted by Gasteiger charge is 2.04. The molecule has 0 amide bonds. The van der Waals surface area contributed by atoms with Gasteiger partial charge in [-0.15, -0.1) is 11.3 Å². The van der Waals surface area contributed by atoms with Gasteiger partial charge < -0.3 is 5.32 Å². The molecule has 0 spiro atoms. The second-order valence-corrected chi connectivity index (χ2v) is 6.57. The molecule has 0 unspecified atom stereocenters. The Morgan fingerprint density at radius 1 is 1.24 bits per heavy atom. The first kappa shape index (κ1) is 12.7. The Morgan fingerprint density at radius 3 is 2.71 bits per heavy atom. The third kappa shape index (κ3) is 3.11. The molecule has 0 aliphatic heterocycles. The van der Waals surface area contributed by atoms with Crippen molar-refractivity contribution in [1.29, 1.82) is 0 Å². The lowest BCUT2D eigenvalue weighted by Gasteiger charge is -2.13. The number of hydrogen-bond donors (Lipinski definition) is 1. The Balaban J connectivity index is 2.13. The van der Waals surface area contributed by atoms with E-state index >= 15 is 0 Å². The molecular formula is C14H16BrNS. The van der Waals surface area contributed by atoms with Crippen LogP contribution < -0.4 is 5.32 Å². The zero-order valence-electron chi connectivity index (χ0n) is 10.1. The van der Waals surface area contributed by atoms with E-state index in [1.165, 1.54) is 25.5 Å². The fourth-order valence-corrected chi connectivity index (χ4v) is 3.32. The van der Waals surface area contributed by atoms with E-state index in [-0.39, 0.29) is 0 Å². The SMILES string of the molecule is CCc1cccc(C)c1NCc1ccc(Br)s1. The van der Waals surface area contributed by atoms with Gasteiger partial charge in [0.15, 0.2) is 0 Å². The van der Waals surface area contributed by atoms with Crippen LogP contribution in [0, 0.1) is 6.92 Å². The number of halogens is 1. The van der Waals surface area contributed by atoms with Crippen molar-refractivity contribution in [2.45, 2.75) is 26.8 Å². The van der Waals surface area contributed by atoms with Crippen LogP contribution in [0.3, 0.4) is 0 Å². The fraction of sp³-hybridized carbons (Fsp3) is 0.286. The number of anilines is 1. The zero-order valence-corrected chi connectivity index (χ0v) is 12.5. The molecule has 0 aliphatic rings.